The molecule has 6 rings (SSSR count). The van der Waals surface area contributed by atoms with Gasteiger partial charge in [-0.25, -0.2) is 19.7 Å². The lowest BCUT2D eigenvalue weighted by Crippen LogP contribution is -2.37. The molecular weight excluding hydrogens is 456 g/mol. The van der Waals surface area contributed by atoms with Gasteiger partial charge in [0.25, 0.3) is 5.91 Å². The number of aryl methyl sites for hydroxylation is 1. The first kappa shape index (κ1) is 22.8. The number of benzene rings is 1. The van der Waals surface area contributed by atoms with Gasteiger partial charge >= 0.3 is 5.69 Å². The molecule has 2 fully saturated rings. The molecule has 1 aliphatic heterocycles. The monoisotopic (exact) mass is 488 g/mol. The van der Waals surface area contributed by atoms with Gasteiger partial charge < -0.3 is 19.8 Å². The lowest BCUT2D eigenvalue weighted by molar-refractivity contribution is 0.0913. The topological polar surface area (TPSA) is 114 Å². The molecule has 0 spiro atoms. The number of carbonyl (C=O) groups excluding carboxylic acids is 1. The molecule has 1 aliphatic carbocycles. The van der Waals surface area contributed by atoms with E-state index >= 15 is 0 Å². The van der Waals surface area contributed by atoms with E-state index in [1.807, 2.05) is 40.3 Å². The number of aromatic amines is 1. The molecule has 1 amide bonds. The molecule has 36 heavy (non-hydrogen) atoms. The number of carbonyl (C=O) groups is 1. The molecule has 10 heteroatoms. The Balaban J connectivity index is 1.25. The molecule has 1 aromatic carbocycles. The lowest BCUT2D eigenvalue weighted by Gasteiger charge is -2.33. The van der Waals surface area contributed by atoms with E-state index in [2.05, 4.69) is 25.2 Å². The number of rotatable bonds is 5. The maximum atomic E-state index is 13.2. The second kappa shape index (κ2) is 9.40. The van der Waals surface area contributed by atoms with Crippen LogP contribution in [-0.4, -0.2) is 54.1 Å². The fourth-order valence-corrected chi connectivity index (χ4v) is 5.90. The summed E-state index contributed by atoms with van der Waals surface area (Å²) in [5.41, 5.74) is 3.10. The fourth-order valence-electron chi connectivity index (χ4n) is 5.90. The number of H-pyrrole nitrogens is 1. The second-order valence-electron chi connectivity index (χ2n) is 9.89. The normalized spacial score (nSPS) is 17.8. The molecule has 4 aromatic rings. The lowest BCUT2D eigenvalue weighted by atomic mass is 9.95. The predicted molar refractivity (Wildman–Crippen MR) is 138 cm³/mol. The molecule has 188 valence electrons. The van der Waals surface area contributed by atoms with Crippen LogP contribution in [0, 0.1) is 0 Å². The van der Waals surface area contributed by atoms with E-state index in [4.69, 9.17) is 4.98 Å². The van der Waals surface area contributed by atoms with Crippen LogP contribution in [0.25, 0.3) is 22.2 Å². The van der Waals surface area contributed by atoms with E-state index in [-0.39, 0.29) is 23.7 Å². The molecule has 0 atom stereocenters. The van der Waals surface area contributed by atoms with Crippen LogP contribution >= 0.6 is 0 Å². The van der Waals surface area contributed by atoms with Crippen molar-refractivity contribution >= 4 is 33.9 Å². The standard InChI is InChI=1S/C26H32N8O2/c1-2-33-23-21(31-24(33)25(35)29-17-8-4-3-5-9-17)22(27-16-28-23)32-14-12-18(13-15-32)34-20-11-7-6-10-19(20)30-26(34)36/h6-7,10-11,16-18H,2-5,8-9,12-15H2,1H3,(H,29,35)(H,30,36). The molecule has 0 bridgehead atoms. The van der Waals surface area contributed by atoms with Crippen LogP contribution in [0.1, 0.15) is 68.5 Å². The SMILES string of the molecule is CCn1c(C(=O)NC2CCCCC2)nc2c(N3CCC(n4c(=O)[nH]c5ccccc54)CC3)ncnc21. The minimum absolute atomic E-state index is 0.0608. The summed E-state index contributed by atoms with van der Waals surface area (Å²) in [4.78, 5) is 44.9. The van der Waals surface area contributed by atoms with Crippen molar-refractivity contribution in [3.63, 3.8) is 0 Å². The first-order valence-electron chi connectivity index (χ1n) is 13.1. The van der Waals surface area contributed by atoms with E-state index in [1.165, 1.54) is 6.42 Å². The fraction of sp³-hybridized carbons (Fsp3) is 0.500. The van der Waals surface area contributed by atoms with Crippen molar-refractivity contribution in [2.24, 2.45) is 0 Å². The van der Waals surface area contributed by atoms with Crippen LogP contribution in [0.5, 0.6) is 0 Å². The van der Waals surface area contributed by atoms with Crippen molar-refractivity contribution in [2.75, 3.05) is 18.0 Å². The number of fused-ring (bicyclic) bond motifs is 2. The van der Waals surface area contributed by atoms with Gasteiger partial charge in [-0.05, 0) is 44.7 Å². The van der Waals surface area contributed by atoms with Gasteiger partial charge in [0.1, 0.15) is 6.33 Å². The third-order valence-electron chi connectivity index (χ3n) is 7.73. The number of amides is 1. The summed E-state index contributed by atoms with van der Waals surface area (Å²) in [6, 6.07) is 8.16. The summed E-state index contributed by atoms with van der Waals surface area (Å²) in [6.45, 7) is 4.09. The minimum atomic E-state index is -0.134. The van der Waals surface area contributed by atoms with Crippen LogP contribution < -0.4 is 15.9 Å². The largest absolute Gasteiger partial charge is 0.355 e. The maximum absolute atomic E-state index is 13.2. The van der Waals surface area contributed by atoms with Gasteiger partial charge in [-0.1, -0.05) is 31.4 Å². The molecule has 10 nitrogen and oxygen atoms in total. The van der Waals surface area contributed by atoms with Gasteiger partial charge in [-0.15, -0.1) is 0 Å². The molecule has 4 heterocycles. The van der Waals surface area contributed by atoms with E-state index in [1.54, 1.807) is 6.33 Å². The maximum Gasteiger partial charge on any atom is 0.326 e. The number of hydrogen-bond donors (Lipinski definition) is 2. The average molecular weight is 489 g/mol. The Morgan fingerprint density at radius 1 is 1.08 bits per heavy atom. The number of aromatic nitrogens is 6. The summed E-state index contributed by atoms with van der Waals surface area (Å²) >= 11 is 0. The van der Waals surface area contributed by atoms with Crippen LogP contribution in [0.3, 0.4) is 0 Å². The highest BCUT2D eigenvalue weighted by atomic mass is 16.2. The zero-order chi connectivity index (χ0) is 24.6. The number of anilines is 1. The molecule has 2 N–H and O–H groups in total. The first-order chi connectivity index (χ1) is 17.6. The Morgan fingerprint density at radius 2 is 1.86 bits per heavy atom. The van der Waals surface area contributed by atoms with Gasteiger partial charge in [0, 0.05) is 31.7 Å². The van der Waals surface area contributed by atoms with Crippen molar-refractivity contribution in [1.82, 2.24) is 34.4 Å². The van der Waals surface area contributed by atoms with Crippen LogP contribution in [-0.2, 0) is 6.54 Å². The van der Waals surface area contributed by atoms with Crippen LogP contribution in [0.2, 0.25) is 0 Å². The Hall–Kier alpha value is -3.69. The number of nitrogens with one attached hydrogen (secondary N) is 2. The molecule has 2 aliphatic rings. The van der Waals surface area contributed by atoms with Crippen LogP contribution in [0.15, 0.2) is 35.4 Å². The van der Waals surface area contributed by atoms with Gasteiger partial charge in [0.2, 0.25) is 5.82 Å². The van der Waals surface area contributed by atoms with Crippen molar-refractivity contribution < 1.29 is 4.79 Å². The van der Waals surface area contributed by atoms with E-state index in [9.17, 15) is 9.59 Å². The Morgan fingerprint density at radius 3 is 2.64 bits per heavy atom. The second-order valence-corrected chi connectivity index (χ2v) is 9.89. The van der Waals surface area contributed by atoms with Crippen LogP contribution in [0.4, 0.5) is 5.82 Å². The Kier molecular flexibility index (Phi) is 5.94. The molecule has 0 unspecified atom stereocenters. The third kappa shape index (κ3) is 3.94. The van der Waals surface area contributed by atoms with E-state index in [0.717, 1.165) is 68.5 Å². The summed E-state index contributed by atoms with van der Waals surface area (Å²) in [5, 5.41) is 3.19. The van der Waals surface area contributed by atoms with Crippen molar-refractivity contribution in [3.05, 3.63) is 46.9 Å². The number of nitrogens with zero attached hydrogens (tertiary/aromatic N) is 6. The third-order valence-corrected chi connectivity index (χ3v) is 7.73. The number of para-hydroxylation sites is 2. The molecule has 3 aromatic heterocycles. The zero-order valence-electron chi connectivity index (χ0n) is 20.6. The number of hydrogen-bond acceptors (Lipinski definition) is 6. The summed E-state index contributed by atoms with van der Waals surface area (Å²) in [7, 11) is 0. The molecule has 1 saturated carbocycles. The predicted octanol–water partition coefficient (Wildman–Crippen LogP) is 3.39. The van der Waals surface area contributed by atoms with Gasteiger partial charge in [-0.2, -0.15) is 0 Å². The molecule has 0 radical (unpaired) electrons. The quantitative estimate of drug-likeness (QED) is 0.445. The first-order valence-corrected chi connectivity index (χ1v) is 13.1. The highest BCUT2D eigenvalue weighted by Gasteiger charge is 2.28. The van der Waals surface area contributed by atoms with Crippen molar-refractivity contribution in [2.45, 2.75) is 70.5 Å². The number of imidazole rings is 2. The van der Waals surface area contributed by atoms with Gasteiger partial charge in [0.05, 0.1) is 11.0 Å². The minimum Gasteiger partial charge on any atom is -0.355 e. The van der Waals surface area contributed by atoms with Gasteiger partial charge in [0.15, 0.2) is 17.0 Å². The molecule has 1 saturated heterocycles. The summed E-state index contributed by atoms with van der Waals surface area (Å²) in [5.74, 6) is 1.02. The average Bonchev–Trinajstić information content (AvgIpc) is 3.46. The molecular formula is C26H32N8O2. The van der Waals surface area contributed by atoms with Crippen molar-refractivity contribution in [1.29, 1.82) is 0 Å². The highest BCUT2D eigenvalue weighted by Crippen LogP contribution is 2.30. The van der Waals surface area contributed by atoms with Gasteiger partial charge in [-0.3, -0.25) is 9.36 Å². The number of piperidine rings is 1. The zero-order valence-corrected chi connectivity index (χ0v) is 20.6. The highest BCUT2D eigenvalue weighted by molar-refractivity contribution is 5.96. The van der Waals surface area contributed by atoms with E-state index < -0.39 is 0 Å². The summed E-state index contributed by atoms with van der Waals surface area (Å²) < 4.78 is 3.78. The summed E-state index contributed by atoms with van der Waals surface area (Å²) in [6.07, 6.45) is 8.80. The Bertz CT molecular complexity index is 1450. The van der Waals surface area contributed by atoms with Crippen molar-refractivity contribution in [3.8, 4) is 0 Å². The Labute approximate surface area is 208 Å². The van der Waals surface area contributed by atoms with E-state index in [0.29, 0.717) is 23.5 Å². The smallest absolute Gasteiger partial charge is 0.326 e.